The van der Waals surface area contributed by atoms with Crippen molar-refractivity contribution in [2.45, 2.75) is 30.3 Å². The van der Waals surface area contributed by atoms with Gasteiger partial charge in [0.25, 0.3) is 5.56 Å². The van der Waals surface area contributed by atoms with Crippen molar-refractivity contribution in [2.75, 3.05) is 25.2 Å². The van der Waals surface area contributed by atoms with Crippen LogP contribution in [-0.2, 0) is 21.8 Å². The lowest BCUT2D eigenvalue weighted by atomic mass is 10.2. The Morgan fingerprint density at radius 1 is 1.10 bits per heavy atom. The van der Waals surface area contributed by atoms with Gasteiger partial charge in [-0.3, -0.25) is 14.2 Å². The highest BCUT2D eigenvalue weighted by molar-refractivity contribution is 7.98. The van der Waals surface area contributed by atoms with Gasteiger partial charge in [0.1, 0.15) is 0 Å². The van der Waals surface area contributed by atoms with E-state index in [0.29, 0.717) is 41.4 Å². The molecule has 1 amide bonds. The van der Waals surface area contributed by atoms with Crippen LogP contribution in [0, 0.1) is 0 Å². The third kappa shape index (κ3) is 4.21. The van der Waals surface area contributed by atoms with Crippen molar-refractivity contribution in [2.24, 2.45) is 0 Å². The van der Waals surface area contributed by atoms with E-state index in [1.807, 2.05) is 47.4 Å². The second kappa shape index (κ2) is 8.80. The molecule has 0 atom stereocenters. The smallest absolute Gasteiger partial charge is 0.262 e. The lowest BCUT2D eigenvalue weighted by molar-refractivity contribution is -0.117. The highest BCUT2D eigenvalue weighted by Crippen LogP contribution is 2.25. The van der Waals surface area contributed by atoms with E-state index in [-0.39, 0.29) is 11.5 Å². The minimum absolute atomic E-state index is 0.0435. The molecular formula is C22H23N3O3S. The van der Waals surface area contributed by atoms with Crippen LogP contribution in [0.4, 0.5) is 5.69 Å². The second-order valence-corrected chi connectivity index (χ2v) is 7.91. The Labute approximate surface area is 173 Å². The van der Waals surface area contributed by atoms with E-state index in [4.69, 9.17) is 9.72 Å². The van der Waals surface area contributed by atoms with Crippen LogP contribution in [0.3, 0.4) is 0 Å². The molecule has 0 radical (unpaired) electrons. The van der Waals surface area contributed by atoms with Gasteiger partial charge in [0.2, 0.25) is 5.91 Å². The Kier molecular flexibility index (Phi) is 5.97. The summed E-state index contributed by atoms with van der Waals surface area (Å²) in [5.74, 6) is 0.876. The van der Waals surface area contributed by atoms with Crippen molar-refractivity contribution < 1.29 is 9.53 Å². The molecule has 6 nitrogen and oxygen atoms in total. The van der Waals surface area contributed by atoms with Crippen LogP contribution in [0.1, 0.15) is 18.4 Å². The molecule has 1 fully saturated rings. The molecule has 2 heterocycles. The molecular weight excluding hydrogens is 386 g/mol. The van der Waals surface area contributed by atoms with Crippen molar-refractivity contribution in [3.8, 4) is 0 Å². The first kappa shape index (κ1) is 19.7. The Morgan fingerprint density at radius 3 is 2.62 bits per heavy atom. The Bertz CT molecular complexity index is 1080. The number of benzene rings is 2. The molecule has 0 N–H and O–H groups in total. The largest absolute Gasteiger partial charge is 0.383 e. The fourth-order valence-corrected chi connectivity index (χ4v) is 4.46. The SMILES string of the molecule is COCCn1c(SCc2ccc(N3CCCC3=O)cc2)nc2ccccc2c1=O. The number of methoxy groups -OCH3 is 1. The van der Waals surface area contributed by atoms with Gasteiger partial charge in [0.15, 0.2) is 5.16 Å². The Morgan fingerprint density at radius 2 is 1.90 bits per heavy atom. The van der Waals surface area contributed by atoms with Gasteiger partial charge in [-0.2, -0.15) is 0 Å². The molecule has 0 saturated carbocycles. The molecule has 0 bridgehead atoms. The number of rotatable bonds is 7. The summed E-state index contributed by atoms with van der Waals surface area (Å²) < 4.78 is 6.86. The number of para-hydroxylation sites is 1. The number of amides is 1. The van der Waals surface area contributed by atoms with E-state index in [9.17, 15) is 9.59 Å². The number of ether oxygens (including phenoxy) is 1. The topological polar surface area (TPSA) is 64.4 Å². The second-order valence-electron chi connectivity index (χ2n) is 6.97. The van der Waals surface area contributed by atoms with Crippen LogP contribution in [0.25, 0.3) is 10.9 Å². The van der Waals surface area contributed by atoms with Crippen LogP contribution < -0.4 is 10.5 Å². The first-order chi connectivity index (χ1) is 14.2. The summed E-state index contributed by atoms with van der Waals surface area (Å²) in [5, 5.41) is 1.30. The number of nitrogens with zero attached hydrogens (tertiary/aromatic N) is 3. The van der Waals surface area contributed by atoms with Gasteiger partial charge in [-0.05, 0) is 36.2 Å². The van der Waals surface area contributed by atoms with Gasteiger partial charge in [0, 0.05) is 31.5 Å². The van der Waals surface area contributed by atoms with Gasteiger partial charge in [-0.25, -0.2) is 4.98 Å². The number of carbonyl (C=O) groups excluding carboxylic acids is 1. The molecule has 0 aliphatic carbocycles. The van der Waals surface area contributed by atoms with Gasteiger partial charge in [-0.1, -0.05) is 36.0 Å². The van der Waals surface area contributed by atoms with Crippen molar-refractivity contribution in [3.05, 3.63) is 64.4 Å². The lowest BCUT2D eigenvalue weighted by Gasteiger charge is -2.16. The summed E-state index contributed by atoms with van der Waals surface area (Å²) in [6, 6.07) is 15.5. The van der Waals surface area contributed by atoms with Gasteiger partial charge in [-0.15, -0.1) is 0 Å². The summed E-state index contributed by atoms with van der Waals surface area (Å²) >= 11 is 1.53. The third-order valence-electron chi connectivity index (χ3n) is 5.03. The van der Waals surface area contributed by atoms with Crippen LogP contribution in [0.15, 0.2) is 58.5 Å². The number of fused-ring (bicyclic) bond motifs is 1. The summed E-state index contributed by atoms with van der Waals surface area (Å²) in [7, 11) is 1.62. The maximum Gasteiger partial charge on any atom is 0.262 e. The molecule has 1 aromatic heterocycles. The van der Waals surface area contributed by atoms with E-state index in [2.05, 4.69) is 0 Å². The number of hydrogen-bond acceptors (Lipinski definition) is 5. The fourth-order valence-electron chi connectivity index (χ4n) is 3.48. The molecule has 29 heavy (non-hydrogen) atoms. The van der Waals surface area contributed by atoms with E-state index < -0.39 is 0 Å². The van der Waals surface area contributed by atoms with E-state index in [0.717, 1.165) is 24.2 Å². The van der Waals surface area contributed by atoms with Crippen LogP contribution >= 0.6 is 11.8 Å². The molecule has 0 unspecified atom stereocenters. The third-order valence-corrected chi connectivity index (χ3v) is 6.08. The number of anilines is 1. The molecule has 1 aliphatic heterocycles. The average Bonchev–Trinajstić information content (AvgIpc) is 3.18. The zero-order chi connectivity index (χ0) is 20.2. The zero-order valence-corrected chi connectivity index (χ0v) is 17.2. The van der Waals surface area contributed by atoms with Crippen LogP contribution in [0.5, 0.6) is 0 Å². The summed E-state index contributed by atoms with van der Waals surface area (Å²) in [4.78, 5) is 31.4. The van der Waals surface area contributed by atoms with Crippen molar-refractivity contribution in [1.82, 2.24) is 9.55 Å². The molecule has 1 aliphatic rings. The summed E-state index contributed by atoms with van der Waals surface area (Å²) in [6.45, 7) is 1.71. The van der Waals surface area contributed by atoms with Crippen molar-refractivity contribution in [1.29, 1.82) is 0 Å². The van der Waals surface area contributed by atoms with E-state index in [1.54, 1.807) is 17.7 Å². The maximum atomic E-state index is 12.9. The van der Waals surface area contributed by atoms with Crippen LogP contribution in [0.2, 0.25) is 0 Å². The van der Waals surface area contributed by atoms with Crippen LogP contribution in [-0.4, -0.2) is 35.7 Å². The van der Waals surface area contributed by atoms with Gasteiger partial charge >= 0.3 is 0 Å². The molecule has 0 spiro atoms. The highest BCUT2D eigenvalue weighted by Gasteiger charge is 2.21. The molecule has 4 rings (SSSR count). The van der Waals surface area contributed by atoms with Gasteiger partial charge in [0.05, 0.1) is 24.1 Å². The minimum atomic E-state index is -0.0435. The number of hydrogen-bond donors (Lipinski definition) is 0. The summed E-state index contributed by atoms with van der Waals surface area (Å²) in [5.41, 5.74) is 2.72. The molecule has 3 aromatic rings. The number of thioether (sulfide) groups is 1. The number of aromatic nitrogens is 2. The Balaban J connectivity index is 1.55. The van der Waals surface area contributed by atoms with E-state index >= 15 is 0 Å². The monoisotopic (exact) mass is 409 g/mol. The molecule has 1 saturated heterocycles. The van der Waals surface area contributed by atoms with Crippen molar-refractivity contribution >= 4 is 34.3 Å². The normalized spacial score (nSPS) is 14.1. The standard InChI is InChI=1S/C22H23N3O3S/c1-28-14-13-25-21(27)18-5-2-3-6-19(18)23-22(25)29-15-16-8-10-17(11-9-16)24-12-4-7-20(24)26/h2-3,5-6,8-11H,4,7,12-15H2,1H3. The first-order valence-corrected chi connectivity index (χ1v) is 10.7. The Hall–Kier alpha value is -2.64. The fraction of sp³-hybridized carbons (Fsp3) is 0.318. The predicted octanol–water partition coefficient (Wildman–Crippen LogP) is 3.46. The predicted molar refractivity (Wildman–Crippen MR) is 115 cm³/mol. The number of carbonyl (C=O) groups is 1. The lowest BCUT2D eigenvalue weighted by Crippen LogP contribution is -2.25. The molecule has 150 valence electrons. The average molecular weight is 410 g/mol. The van der Waals surface area contributed by atoms with Crippen molar-refractivity contribution in [3.63, 3.8) is 0 Å². The zero-order valence-electron chi connectivity index (χ0n) is 16.3. The van der Waals surface area contributed by atoms with E-state index in [1.165, 1.54) is 11.8 Å². The van der Waals surface area contributed by atoms with Gasteiger partial charge < -0.3 is 9.64 Å². The molecule has 7 heteroatoms. The minimum Gasteiger partial charge on any atom is -0.383 e. The highest BCUT2D eigenvalue weighted by atomic mass is 32.2. The summed E-state index contributed by atoms with van der Waals surface area (Å²) in [6.07, 6.45) is 1.55. The quantitative estimate of drug-likeness (QED) is 0.442. The molecule has 2 aromatic carbocycles. The maximum absolute atomic E-state index is 12.9. The first-order valence-electron chi connectivity index (χ1n) is 9.68.